The molecule has 1 amide bonds. The molecule has 2 rings (SSSR count). The van der Waals surface area contributed by atoms with Crippen molar-refractivity contribution in [3.8, 4) is 0 Å². The molecule has 124 valence electrons. The number of benzene rings is 1. The Balaban J connectivity index is 1.81. The fraction of sp³-hybridized carbons (Fsp3) is 0.444. The summed E-state index contributed by atoms with van der Waals surface area (Å²) in [5.41, 5.74) is 3.39. The molecule has 1 aromatic heterocycles. The van der Waals surface area contributed by atoms with Crippen molar-refractivity contribution >= 4 is 22.8 Å². The number of aromatic nitrogens is 1. The maximum atomic E-state index is 12.0. The molecule has 5 heteroatoms. The molecule has 0 radical (unpaired) electrons. The molecule has 0 bridgehead atoms. The Hall–Kier alpha value is -2.30. The second-order valence-corrected chi connectivity index (χ2v) is 5.74. The summed E-state index contributed by atoms with van der Waals surface area (Å²) in [5, 5.41) is 12.6. The molecular weight excluding hydrogens is 292 g/mol. The molecule has 0 aliphatic heterocycles. The number of carboxylic acid groups (broad SMARTS) is 1. The SMILES string of the molecule is CCc1cccc2c(CC(=O)NCCCCCC(=O)O)c[nH]c12. The van der Waals surface area contributed by atoms with Crippen LogP contribution in [-0.4, -0.2) is 28.5 Å². The van der Waals surface area contributed by atoms with Crippen LogP contribution in [0.2, 0.25) is 0 Å². The van der Waals surface area contributed by atoms with Gasteiger partial charge in [-0.05, 0) is 30.4 Å². The molecular formula is C18H24N2O3. The number of amides is 1. The van der Waals surface area contributed by atoms with E-state index in [0.29, 0.717) is 19.4 Å². The monoisotopic (exact) mass is 316 g/mol. The maximum absolute atomic E-state index is 12.0. The third-order valence-electron chi connectivity index (χ3n) is 4.01. The van der Waals surface area contributed by atoms with Crippen LogP contribution in [0.15, 0.2) is 24.4 Å². The minimum Gasteiger partial charge on any atom is -0.481 e. The molecule has 0 saturated heterocycles. The van der Waals surface area contributed by atoms with Crippen LogP contribution >= 0.6 is 0 Å². The third-order valence-corrected chi connectivity index (χ3v) is 4.01. The number of aromatic amines is 1. The Morgan fingerprint density at radius 2 is 2.00 bits per heavy atom. The van der Waals surface area contributed by atoms with Crippen LogP contribution in [-0.2, 0) is 22.4 Å². The standard InChI is InChI=1S/C18H24N2O3/c1-2-13-7-6-8-15-14(12-20-18(13)15)11-16(21)19-10-5-3-4-9-17(22)23/h6-8,12,20H,2-5,9-11H2,1H3,(H,19,21)(H,22,23). The minimum atomic E-state index is -0.764. The van der Waals surface area contributed by atoms with Gasteiger partial charge in [0.1, 0.15) is 0 Å². The molecule has 1 heterocycles. The van der Waals surface area contributed by atoms with Crippen molar-refractivity contribution in [2.45, 2.75) is 45.4 Å². The molecule has 0 aliphatic carbocycles. The van der Waals surface area contributed by atoms with E-state index < -0.39 is 5.97 Å². The van der Waals surface area contributed by atoms with Crippen LogP contribution in [0.5, 0.6) is 0 Å². The lowest BCUT2D eigenvalue weighted by molar-refractivity contribution is -0.137. The fourth-order valence-electron chi connectivity index (χ4n) is 2.76. The lowest BCUT2D eigenvalue weighted by atomic mass is 10.1. The van der Waals surface area contributed by atoms with Gasteiger partial charge in [-0.25, -0.2) is 0 Å². The van der Waals surface area contributed by atoms with Crippen molar-refractivity contribution < 1.29 is 14.7 Å². The molecule has 3 N–H and O–H groups in total. The van der Waals surface area contributed by atoms with Gasteiger partial charge in [0.2, 0.25) is 5.91 Å². The van der Waals surface area contributed by atoms with Gasteiger partial charge in [-0.15, -0.1) is 0 Å². The van der Waals surface area contributed by atoms with Crippen LogP contribution in [0.25, 0.3) is 10.9 Å². The third kappa shape index (κ3) is 4.84. The number of para-hydroxylation sites is 1. The molecule has 1 aromatic carbocycles. The number of hydrogen-bond acceptors (Lipinski definition) is 2. The minimum absolute atomic E-state index is 0.00559. The zero-order valence-electron chi connectivity index (χ0n) is 13.5. The zero-order chi connectivity index (χ0) is 16.7. The number of carbonyl (C=O) groups is 2. The second kappa shape index (κ2) is 8.36. The number of hydrogen-bond donors (Lipinski definition) is 3. The normalized spacial score (nSPS) is 10.8. The van der Waals surface area contributed by atoms with E-state index in [0.717, 1.165) is 35.7 Å². The number of nitrogens with one attached hydrogen (secondary N) is 2. The van der Waals surface area contributed by atoms with Gasteiger partial charge in [0.15, 0.2) is 0 Å². The molecule has 0 spiro atoms. The molecule has 0 fully saturated rings. The topological polar surface area (TPSA) is 82.2 Å². The highest BCUT2D eigenvalue weighted by atomic mass is 16.4. The van der Waals surface area contributed by atoms with Crippen LogP contribution < -0.4 is 5.32 Å². The fourth-order valence-corrected chi connectivity index (χ4v) is 2.76. The van der Waals surface area contributed by atoms with Gasteiger partial charge in [-0.1, -0.05) is 31.5 Å². The summed E-state index contributed by atoms with van der Waals surface area (Å²) in [7, 11) is 0. The Morgan fingerprint density at radius 3 is 2.74 bits per heavy atom. The van der Waals surface area contributed by atoms with Crippen molar-refractivity contribution in [1.29, 1.82) is 0 Å². The van der Waals surface area contributed by atoms with Gasteiger partial charge in [0.05, 0.1) is 6.42 Å². The van der Waals surface area contributed by atoms with E-state index in [2.05, 4.69) is 23.3 Å². The first-order chi connectivity index (χ1) is 11.1. The smallest absolute Gasteiger partial charge is 0.303 e. The maximum Gasteiger partial charge on any atom is 0.303 e. The first-order valence-electron chi connectivity index (χ1n) is 8.18. The zero-order valence-corrected chi connectivity index (χ0v) is 13.5. The van der Waals surface area contributed by atoms with Crippen molar-refractivity contribution in [1.82, 2.24) is 10.3 Å². The summed E-state index contributed by atoms with van der Waals surface area (Å²) in [5.74, 6) is -0.758. The van der Waals surface area contributed by atoms with Crippen molar-refractivity contribution in [3.63, 3.8) is 0 Å². The van der Waals surface area contributed by atoms with Crippen LogP contribution in [0.3, 0.4) is 0 Å². The van der Waals surface area contributed by atoms with Crippen LogP contribution in [0, 0.1) is 0 Å². The van der Waals surface area contributed by atoms with Gasteiger partial charge in [0, 0.05) is 30.1 Å². The lowest BCUT2D eigenvalue weighted by Gasteiger charge is -2.05. The number of carbonyl (C=O) groups excluding carboxylic acids is 1. The molecule has 0 aliphatic rings. The number of rotatable bonds is 9. The summed E-state index contributed by atoms with van der Waals surface area (Å²) in [6.07, 6.45) is 5.72. The second-order valence-electron chi connectivity index (χ2n) is 5.74. The summed E-state index contributed by atoms with van der Waals surface area (Å²) < 4.78 is 0. The summed E-state index contributed by atoms with van der Waals surface area (Å²) >= 11 is 0. The highest BCUT2D eigenvalue weighted by Gasteiger charge is 2.10. The van der Waals surface area contributed by atoms with E-state index >= 15 is 0 Å². The molecule has 2 aromatic rings. The first-order valence-corrected chi connectivity index (χ1v) is 8.18. The number of fused-ring (bicyclic) bond motifs is 1. The molecule has 23 heavy (non-hydrogen) atoms. The highest BCUT2D eigenvalue weighted by molar-refractivity contribution is 5.90. The Morgan fingerprint density at radius 1 is 1.17 bits per heavy atom. The Kier molecular flexibility index (Phi) is 6.20. The van der Waals surface area contributed by atoms with E-state index in [1.165, 1.54) is 5.56 Å². The number of carboxylic acids is 1. The number of unbranched alkanes of at least 4 members (excludes halogenated alkanes) is 2. The van der Waals surface area contributed by atoms with E-state index in [1.54, 1.807) is 0 Å². The largest absolute Gasteiger partial charge is 0.481 e. The van der Waals surface area contributed by atoms with Crippen molar-refractivity contribution in [3.05, 3.63) is 35.5 Å². The number of aliphatic carboxylic acids is 1. The van der Waals surface area contributed by atoms with Gasteiger partial charge < -0.3 is 15.4 Å². The molecule has 0 saturated carbocycles. The van der Waals surface area contributed by atoms with Gasteiger partial charge in [-0.3, -0.25) is 9.59 Å². The first kappa shape index (κ1) is 17.1. The molecule has 0 unspecified atom stereocenters. The molecule has 0 atom stereocenters. The highest BCUT2D eigenvalue weighted by Crippen LogP contribution is 2.22. The number of H-pyrrole nitrogens is 1. The molecule has 5 nitrogen and oxygen atoms in total. The predicted octanol–water partition coefficient (Wildman–Crippen LogP) is 3.03. The van der Waals surface area contributed by atoms with Crippen molar-refractivity contribution in [2.75, 3.05) is 6.54 Å². The van der Waals surface area contributed by atoms with Crippen molar-refractivity contribution in [2.24, 2.45) is 0 Å². The summed E-state index contributed by atoms with van der Waals surface area (Å²) in [6.45, 7) is 2.72. The van der Waals surface area contributed by atoms with E-state index in [-0.39, 0.29) is 12.3 Å². The predicted molar refractivity (Wildman–Crippen MR) is 90.5 cm³/mol. The summed E-state index contributed by atoms with van der Waals surface area (Å²) in [6, 6.07) is 6.16. The van der Waals surface area contributed by atoms with E-state index in [1.807, 2.05) is 18.3 Å². The van der Waals surface area contributed by atoms with Crippen LogP contribution in [0.4, 0.5) is 0 Å². The Labute approximate surface area is 136 Å². The quantitative estimate of drug-likeness (QED) is 0.622. The average Bonchev–Trinajstić information content (AvgIpc) is 2.93. The number of aryl methyl sites for hydroxylation is 1. The lowest BCUT2D eigenvalue weighted by Crippen LogP contribution is -2.26. The van der Waals surface area contributed by atoms with Crippen LogP contribution in [0.1, 0.15) is 43.7 Å². The van der Waals surface area contributed by atoms with E-state index in [9.17, 15) is 9.59 Å². The van der Waals surface area contributed by atoms with Gasteiger partial charge in [0.25, 0.3) is 0 Å². The summed E-state index contributed by atoms with van der Waals surface area (Å²) in [4.78, 5) is 25.7. The van der Waals surface area contributed by atoms with Gasteiger partial charge >= 0.3 is 5.97 Å². The van der Waals surface area contributed by atoms with Gasteiger partial charge in [-0.2, -0.15) is 0 Å². The Bertz CT molecular complexity index is 676. The average molecular weight is 316 g/mol. The van der Waals surface area contributed by atoms with E-state index in [4.69, 9.17) is 5.11 Å².